The van der Waals surface area contributed by atoms with Crippen LogP contribution < -0.4 is 5.32 Å². The predicted molar refractivity (Wildman–Crippen MR) is 119 cm³/mol. The number of carbonyl (C=O) groups excluding carboxylic acids is 1. The summed E-state index contributed by atoms with van der Waals surface area (Å²) in [7, 11) is 1.89. The molecule has 6 rings (SSSR count). The Morgan fingerprint density at radius 2 is 2.16 bits per heavy atom. The molecule has 5 heterocycles. The largest absolute Gasteiger partial charge is 0.322 e. The number of piperidine rings is 1. The summed E-state index contributed by atoms with van der Waals surface area (Å²) in [6, 6.07) is 9.91. The lowest BCUT2D eigenvalue weighted by molar-refractivity contribution is -0.0827. The number of fused-ring (bicyclic) bond motifs is 3. The third-order valence-corrected chi connectivity index (χ3v) is 6.88. The summed E-state index contributed by atoms with van der Waals surface area (Å²) in [5, 5.41) is 12.0. The first-order valence-electron chi connectivity index (χ1n) is 10.9. The zero-order valence-corrected chi connectivity index (χ0v) is 18.1. The maximum Gasteiger partial charge on any atom is 0.322 e. The number of amides is 2. The van der Waals surface area contributed by atoms with Crippen LogP contribution in [-0.2, 0) is 12.6 Å². The smallest absolute Gasteiger partial charge is 0.308 e. The fraction of sp³-hybridized carbons (Fsp3) is 0.348. The van der Waals surface area contributed by atoms with Crippen LogP contribution in [0.5, 0.6) is 0 Å². The molecule has 2 amide bonds. The minimum Gasteiger partial charge on any atom is -0.308 e. The van der Waals surface area contributed by atoms with Crippen LogP contribution in [0.2, 0.25) is 0 Å². The monoisotopic (exact) mass is 428 g/mol. The molecule has 9 nitrogen and oxygen atoms in total. The molecular weight excluding hydrogens is 404 g/mol. The van der Waals surface area contributed by atoms with Gasteiger partial charge in [-0.05, 0) is 62.4 Å². The van der Waals surface area contributed by atoms with E-state index in [2.05, 4.69) is 25.5 Å². The number of hydrogen-bond donors (Lipinski definition) is 1. The molecule has 0 aliphatic carbocycles. The first kappa shape index (κ1) is 19.0. The fourth-order valence-electron chi connectivity index (χ4n) is 5.37. The van der Waals surface area contributed by atoms with Crippen LogP contribution in [0.15, 0.2) is 49.1 Å². The molecule has 32 heavy (non-hydrogen) atoms. The molecule has 9 heteroatoms. The summed E-state index contributed by atoms with van der Waals surface area (Å²) in [5.74, 6) is 1.49. The van der Waals surface area contributed by atoms with Crippen molar-refractivity contribution in [3.63, 3.8) is 0 Å². The summed E-state index contributed by atoms with van der Waals surface area (Å²) < 4.78 is 3.60. The van der Waals surface area contributed by atoms with Crippen molar-refractivity contribution in [1.29, 1.82) is 0 Å². The fourth-order valence-corrected chi connectivity index (χ4v) is 5.37. The Labute approximate surface area is 185 Å². The van der Waals surface area contributed by atoms with Gasteiger partial charge in [-0.15, -0.1) is 5.10 Å². The van der Waals surface area contributed by atoms with Gasteiger partial charge in [0, 0.05) is 30.5 Å². The van der Waals surface area contributed by atoms with Crippen molar-refractivity contribution in [1.82, 2.24) is 34.3 Å². The van der Waals surface area contributed by atoms with E-state index >= 15 is 0 Å². The summed E-state index contributed by atoms with van der Waals surface area (Å²) in [4.78, 5) is 24.4. The van der Waals surface area contributed by atoms with Gasteiger partial charge in [-0.1, -0.05) is 6.07 Å². The second-order valence-electron chi connectivity index (χ2n) is 8.78. The number of anilines is 1. The zero-order chi connectivity index (χ0) is 21.9. The second kappa shape index (κ2) is 6.88. The number of benzene rings is 1. The van der Waals surface area contributed by atoms with E-state index in [0.29, 0.717) is 5.82 Å². The lowest BCUT2D eigenvalue weighted by Crippen LogP contribution is -2.69. The molecule has 162 valence electrons. The van der Waals surface area contributed by atoms with Crippen molar-refractivity contribution in [3.05, 3.63) is 60.4 Å². The average Bonchev–Trinajstić information content (AvgIpc) is 3.43. The Balaban J connectivity index is 1.30. The molecule has 4 aromatic rings. The van der Waals surface area contributed by atoms with Gasteiger partial charge in [-0.3, -0.25) is 4.68 Å². The van der Waals surface area contributed by atoms with Crippen molar-refractivity contribution in [2.75, 3.05) is 5.32 Å². The topological polar surface area (TPSA) is 93.2 Å². The quantitative estimate of drug-likeness (QED) is 0.539. The van der Waals surface area contributed by atoms with E-state index in [9.17, 15) is 4.79 Å². The van der Waals surface area contributed by atoms with Crippen LogP contribution in [0.1, 0.15) is 37.1 Å². The Morgan fingerprint density at radius 1 is 1.25 bits per heavy atom. The van der Waals surface area contributed by atoms with Gasteiger partial charge >= 0.3 is 6.03 Å². The van der Waals surface area contributed by atoms with Gasteiger partial charge in [0.1, 0.15) is 11.9 Å². The van der Waals surface area contributed by atoms with Crippen molar-refractivity contribution in [2.24, 2.45) is 7.05 Å². The van der Waals surface area contributed by atoms with Crippen molar-refractivity contribution < 1.29 is 4.79 Å². The molecule has 2 saturated heterocycles. The maximum atomic E-state index is 13.4. The molecule has 2 aliphatic rings. The van der Waals surface area contributed by atoms with Crippen LogP contribution in [0.4, 0.5) is 10.5 Å². The first-order chi connectivity index (χ1) is 15.5. The van der Waals surface area contributed by atoms with E-state index in [1.54, 1.807) is 21.7 Å². The Kier molecular flexibility index (Phi) is 4.08. The summed E-state index contributed by atoms with van der Waals surface area (Å²) in [5.41, 5.74) is 3.24. The highest BCUT2D eigenvalue weighted by Gasteiger charge is 2.59. The SMILES string of the molecule is Cc1ccc(NC(=O)N2C3CCCC2(c2ncnn2C)C3)cc1-c1ncc2cccn2n1. The third kappa shape index (κ3) is 2.73. The van der Waals surface area contributed by atoms with Gasteiger partial charge in [0.25, 0.3) is 0 Å². The summed E-state index contributed by atoms with van der Waals surface area (Å²) in [6.45, 7) is 2.02. The van der Waals surface area contributed by atoms with E-state index < -0.39 is 0 Å². The molecule has 1 N–H and O–H groups in total. The van der Waals surface area contributed by atoms with E-state index in [1.807, 2.05) is 55.4 Å². The minimum atomic E-state index is -0.367. The third-order valence-electron chi connectivity index (χ3n) is 6.88. The van der Waals surface area contributed by atoms with Crippen molar-refractivity contribution in [3.8, 4) is 11.4 Å². The van der Waals surface area contributed by atoms with Gasteiger partial charge in [-0.2, -0.15) is 5.10 Å². The van der Waals surface area contributed by atoms with Crippen molar-refractivity contribution >= 4 is 17.2 Å². The van der Waals surface area contributed by atoms with Crippen LogP contribution in [0, 0.1) is 6.92 Å². The molecule has 2 unspecified atom stereocenters. The summed E-state index contributed by atoms with van der Waals surface area (Å²) >= 11 is 0. The number of nitrogens with zero attached hydrogens (tertiary/aromatic N) is 7. The first-order valence-corrected chi connectivity index (χ1v) is 10.9. The minimum absolute atomic E-state index is 0.0967. The van der Waals surface area contributed by atoms with Gasteiger partial charge in [0.05, 0.1) is 11.7 Å². The lowest BCUT2D eigenvalue weighted by Gasteiger charge is -2.60. The van der Waals surface area contributed by atoms with E-state index in [4.69, 9.17) is 0 Å². The Bertz CT molecular complexity index is 1340. The molecule has 2 fully saturated rings. The molecule has 2 bridgehead atoms. The standard InChI is InChI=1S/C23H24N8O/c1-15-7-8-16(11-19(15)20-24-13-18-6-4-10-30(18)28-20)27-22(32)31-17-5-3-9-23(31,12-17)21-25-14-26-29(21)2/h4,6-8,10-11,13-14,17H,3,5,9,12H2,1-2H3,(H,27,32). The van der Waals surface area contributed by atoms with Crippen LogP contribution >= 0.6 is 0 Å². The van der Waals surface area contributed by atoms with E-state index in [1.165, 1.54) is 0 Å². The molecule has 3 aromatic heterocycles. The number of nitrogens with one attached hydrogen (secondary N) is 1. The lowest BCUT2D eigenvalue weighted by atomic mass is 9.67. The van der Waals surface area contributed by atoms with Gasteiger partial charge in [0.2, 0.25) is 0 Å². The summed E-state index contributed by atoms with van der Waals surface area (Å²) in [6.07, 6.45) is 9.24. The normalized spacial score (nSPS) is 22.1. The number of aryl methyl sites for hydroxylation is 2. The number of rotatable bonds is 3. The number of carbonyl (C=O) groups is 1. The molecule has 2 aliphatic heterocycles. The maximum absolute atomic E-state index is 13.4. The van der Waals surface area contributed by atoms with Gasteiger partial charge in [0.15, 0.2) is 11.6 Å². The van der Waals surface area contributed by atoms with Crippen molar-refractivity contribution in [2.45, 2.75) is 44.2 Å². The zero-order valence-electron chi connectivity index (χ0n) is 18.1. The van der Waals surface area contributed by atoms with Gasteiger partial charge < -0.3 is 10.2 Å². The highest BCUT2D eigenvalue weighted by molar-refractivity contribution is 5.92. The molecular formula is C23H24N8O. The van der Waals surface area contributed by atoms with E-state index in [0.717, 1.165) is 53.8 Å². The number of hydrogen-bond acceptors (Lipinski definition) is 5. The van der Waals surface area contributed by atoms with E-state index in [-0.39, 0.29) is 17.6 Å². The molecule has 0 saturated carbocycles. The van der Waals surface area contributed by atoms with Crippen LogP contribution in [0.25, 0.3) is 16.9 Å². The van der Waals surface area contributed by atoms with Gasteiger partial charge in [-0.25, -0.2) is 19.3 Å². The second-order valence-corrected chi connectivity index (χ2v) is 8.78. The highest BCUT2D eigenvalue weighted by Crippen LogP contribution is 2.53. The molecule has 2 atom stereocenters. The molecule has 1 aromatic carbocycles. The molecule has 0 spiro atoms. The highest BCUT2D eigenvalue weighted by atomic mass is 16.2. The Hall–Kier alpha value is -3.75. The number of urea groups is 1. The average molecular weight is 429 g/mol. The predicted octanol–water partition coefficient (Wildman–Crippen LogP) is 3.52. The molecule has 0 radical (unpaired) electrons. The van der Waals surface area contributed by atoms with Crippen LogP contribution in [0.3, 0.4) is 0 Å². The number of aromatic nitrogens is 6. The van der Waals surface area contributed by atoms with Crippen LogP contribution in [-0.4, -0.2) is 46.3 Å². The Morgan fingerprint density at radius 3 is 2.97 bits per heavy atom.